The van der Waals surface area contributed by atoms with Gasteiger partial charge in [0.25, 0.3) is 0 Å². The molecule has 1 aliphatic heterocycles. The molecule has 0 radical (unpaired) electrons. The van der Waals surface area contributed by atoms with Crippen molar-refractivity contribution in [2.75, 3.05) is 33.2 Å². The summed E-state index contributed by atoms with van der Waals surface area (Å²) in [5.41, 5.74) is 1.47. The average molecular weight is 154 g/mol. The quantitative estimate of drug-likeness (QED) is 0.559. The van der Waals surface area contributed by atoms with Crippen molar-refractivity contribution < 1.29 is 0 Å². The second-order valence-corrected chi connectivity index (χ2v) is 3.10. The molecular weight excluding hydrogens is 136 g/mol. The van der Waals surface area contributed by atoms with Crippen LogP contribution in [0.4, 0.5) is 0 Å². The van der Waals surface area contributed by atoms with Crippen LogP contribution in [0.25, 0.3) is 0 Å². The lowest BCUT2D eigenvalue weighted by Crippen LogP contribution is -2.42. The number of likely N-dealkylation sites (N-methyl/N-ethyl adjacent to an activating group) is 2. The third-order valence-corrected chi connectivity index (χ3v) is 2.30. The SMILES string of the molecule is C/C=C1/CN(C)CCN1CC. The molecule has 64 valence electrons. The zero-order chi connectivity index (χ0) is 8.27. The Hall–Kier alpha value is -0.500. The lowest BCUT2D eigenvalue weighted by atomic mass is 10.2. The van der Waals surface area contributed by atoms with Gasteiger partial charge in [0.15, 0.2) is 0 Å². The predicted molar refractivity (Wildman–Crippen MR) is 48.5 cm³/mol. The normalized spacial score (nSPS) is 24.6. The first-order valence-corrected chi connectivity index (χ1v) is 4.36. The van der Waals surface area contributed by atoms with Crippen molar-refractivity contribution in [2.45, 2.75) is 13.8 Å². The minimum atomic E-state index is 1.12. The van der Waals surface area contributed by atoms with Gasteiger partial charge in [-0.25, -0.2) is 0 Å². The molecule has 2 heteroatoms. The fourth-order valence-electron chi connectivity index (χ4n) is 1.53. The second-order valence-electron chi connectivity index (χ2n) is 3.10. The fraction of sp³-hybridized carbons (Fsp3) is 0.778. The summed E-state index contributed by atoms with van der Waals surface area (Å²) in [4.78, 5) is 4.81. The topological polar surface area (TPSA) is 6.48 Å². The van der Waals surface area contributed by atoms with Gasteiger partial charge in [-0.2, -0.15) is 0 Å². The molecule has 0 aromatic rings. The van der Waals surface area contributed by atoms with E-state index >= 15 is 0 Å². The molecular formula is C9H18N2. The standard InChI is InChI=1S/C9H18N2/c1-4-9-8-10(3)6-7-11(9)5-2/h4H,5-8H2,1-3H3/b9-4-. The highest BCUT2D eigenvalue weighted by Crippen LogP contribution is 2.10. The summed E-state index contributed by atoms with van der Waals surface area (Å²) in [5.74, 6) is 0. The third kappa shape index (κ3) is 1.96. The highest BCUT2D eigenvalue weighted by Gasteiger charge is 2.15. The van der Waals surface area contributed by atoms with Gasteiger partial charge in [-0.1, -0.05) is 6.08 Å². The molecule has 11 heavy (non-hydrogen) atoms. The maximum Gasteiger partial charge on any atom is 0.0378 e. The molecule has 0 aromatic carbocycles. The summed E-state index contributed by atoms with van der Waals surface area (Å²) in [6.45, 7) is 8.99. The minimum Gasteiger partial charge on any atom is -0.373 e. The summed E-state index contributed by atoms with van der Waals surface area (Å²) in [6, 6.07) is 0. The maximum absolute atomic E-state index is 2.44. The summed E-state index contributed by atoms with van der Waals surface area (Å²) in [7, 11) is 2.18. The van der Waals surface area contributed by atoms with Crippen LogP contribution in [0, 0.1) is 0 Å². The van der Waals surface area contributed by atoms with Crippen LogP contribution in [-0.2, 0) is 0 Å². The second kappa shape index (κ2) is 3.77. The van der Waals surface area contributed by atoms with E-state index in [-0.39, 0.29) is 0 Å². The predicted octanol–water partition coefficient (Wildman–Crippen LogP) is 1.16. The van der Waals surface area contributed by atoms with Gasteiger partial charge < -0.3 is 4.90 Å². The van der Waals surface area contributed by atoms with Crippen molar-refractivity contribution in [1.29, 1.82) is 0 Å². The number of nitrogens with zero attached hydrogens (tertiary/aromatic N) is 2. The Bertz CT molecular complexity index is 152. The molecule has 1 saturated heterocycles. The highest BCUT2D eigenvalue weighted by molar-refractivity contribution is 5.04. The van der Waals surface area contributed by atoms with Crippen molar-refractivity contribution in [2.24, 2.45) is 0 Å². The van der Waals surface area contributed by atoms with E-state index in [1.165, 1.54) is 18.8 Å². The van der Waals surface area contributed by atoms with Gasteiger partial charge in [0.05, 0.1) is 0 Å². The molecule has 0 aromatic heterocycles. The van der Waals surface area contributed by atoms with Gasteiger partial charge in [0.2, 0.25) is 0 Å². The van der Waals surface area contributed by atoms with Crippen LogP contribution in [0.3, 0.4) is 0 Å². The molecule has 1 fully saturated rings. The van der Waals surface area contributed by atoms with Crippen LogP contribution >= 0.6 is 0 Å². The summed E-state index contributed by atoms with van der Waals surface area (Å²) >= 11 is 0. The van der Waals surface area contributed by atoms with Gasteiger partial charge in [0, 0.05) is 31.9 Å². The van der Waals surface area contributed by atoms with E-state index in [4.69, 9.17) is 0 Å². The van der Waals surface area contributed by atoms with Crippen LogP contribution in [0.1, 0.15) is 13.8 Å². The van der Waals surface area contributed by atoms with E-state index in [1.807, 2.05) is 0 Å². The molecule has 0 bridgehead atoms. The van der Waals surface area contributed by atoms with Crippen molar-refractivity contribution >= 4 is 0 Å². The average Bonchev–Trinajstić information content (AvgIpc) is 2.04. The number of piperazine rings is 1. The van der Waals surface area contributed by atoms with Gasteiger partial charge in [-0.3, -0.25) is 4.90 Å². The molecule has 0 spiro atoms. The highest BCUT2D eigenvalue weighted by atomic mass is 15.3. The van der Waals surface area contributed by atoms with E-state index in [0.29, 0.717) is 0 Å². The Morgan fingerprint density at radius 3 is 2.73 bits per heavy atom. The number of allylic oxidation sites excluding steroid dienone is 1. The van der Waals surface area contributed by atoms with Crippen molar-refractivity contribution in [3.8, 4) is 0 Å². The molecule has 0 aliphatic carbocycles. The Morgan fingerprint density at radius 1 is 1.45 bits per heavy atom. The molecule has 0 saturated carbocycles. The van der Waals surface area contributed by atoms with E-state index in [1.54, 1.807) is 0 Å². The van der Waals surface area contributed by atoms with E-state index in [2.05, 4.69) is 36.8 Å². The van der Waals surface area contributed by atoms with Gasteiger partial charge in [0.1, 0.15) is 0 Å². The monoisotopic (exact) mass is 154 g/mol. The molecule has 0 amide bonds. The summed E-state index contributed by atoms with van der Waals surface area (Å²) in [6.07, 6.45) is 2.22. The fourth-order valence-corrected chi connectivity index (χ4v) is 1.53. The van der Waals surface area contributed by atoms with Crippen molar-refractivity contribution in [3.63, 3.8) is 0 Å². The van der Waals surface area contributed by atoms with Crippen LogP contribution in [0.15, 0.2) is 11.8 Å². The molecule has 0 N–H and O–H groups in total. The van der Waals surface area contributed by atoms with Gasteiger partial charge >= 0.3 is 0 Å². The summed E-state index contributed by atoms with van der Waals surface area (Å²) < 4.78 is 0. The number of rotatable bonds is 1. The number of hydrogen-bond donors (Lipinski definition) is 0. The molecule has 1 heterocycles. The first-order chi connectivity index (χ1) is 5.27. The van der Waals surface area contributed by atoms with Gasteiger partial charge in [-0.05, 0) is 20.9 Å². The lowest BCUT2D eigenvalue weighted by molar-refractivity contribution is 0.209. The Kier molecular flexibility index (Phi) is 2.94. The third-order valence-electron chi connectivity index (χ3n) is 2.30. The molecule has 1 aliphatic rings. The Balaban J connectivity index is 2.56. The van der Waals surface area contributed by atoms with Crippen LogP contribution in [0.5, 0.6) is 0 Å². The molecule has 2 nitrogen and oxygen atoms in total. The summed E-state index contributed by atoms with van der Waals surface area (Å²) in [5, 5.41) is 0. The maximum atomic E-state index is 2.44. The van der Waals surface area contributed by atoms with Crippen LogP contribution < -0.4 is 0 Å². The molecule has 1 rings (SSSR count). The van der Waals surface area contributed by atoms with Crippen LogP contribution in [0.2, 0.25) is 0 Å². The Labute approximate surface area is 69.5 Å². The van der Waals surface area contributed by atoms with Crippen LogP contribution in [-0.4, -0.2) is 43.0 Å². The largest absolute Gasteiger partial charge is 0.373 e. The van der Waals surface area contributed by atoms with E-state index < -0.39 is 0 Å². The smallest absolute Gasteiger partial charge is 0.0378 e. The Morgan fingerprint density at radius 2 is 2.18 bits per heavy atom. The first-order valence-electron chi connectivity index (χ1n) is 4.36. The number of hydrogen-bond acceptors (Lipinski definition) is 2. The van der Waals surface area contributed by atoms with Crippen molar-refractivity contribution in [1.82, 2.24) is 9.80 Å². The van der Waals surface area contributed by atoms with Crippen molar-refractivity contribution in [3.05, 3.63) is 11.8 Å². The zero-order valence-corrected chi connectivity index (χ0v) is 7.80. The van der Waals surface area contributed by atoms with Gasteiger partial charge in [-0.15, -0.1) is 0 Å². The van der Waals surface area contributed by atoms with E-state index in [0.717, 1.165) is 13.1 Å². The minimum absolute atomic E-state index is 1.12. The molecule has 0 unspecified atom stereocenters. The first kappa shape index (κ1) is 8.60. The lowest BCUT2D eigenvalue weighted by Gasteiger charge is -2.35. The van der Waals surface area contributed by atoms with E-state index in [9.17, 15) is 0 Å². The zero-order valence-electron chi connectivity index (χ0n) is 7.80. The molecule has 0 atom stereocenters.